The summed E-state index contributed by atoms with van der Waals surface area (Å²) in [7, 11) is 0. The number of epoxide rings is 1. The second-order valence-corrected chi connectivity index (χ2v) is 8.95. The molecule has 2 aromatic carbocycles. The lowest BCUT2D eigenvalue weighted by Gasteiger charge is -2.35. The third-order valence-corrected chi connectivity index (χ3v) is 6.43. The lowest BCUT2D eigenvalue weighted by molar-refractivity contribution is -0.136. The van der Waals surface area contributed by atoms with E-state index in [1.54, 1.807) is 48.5 Å². The lowest BCUT2D eigenvalue weighted by Crippen LogP contribution is -2.58. The van der Waals surface area contributed by atoms with Crippen LogP contribution in [-0.2, 0) is 19.1 Å². The number of nitrogens with one attached hydrogen (secondary N) is 1. The van der Waals surface area contributed by atoms with Crippen LogP contribution in [0.4, 0.5) is 11.4 Å². The molecule has 2 saturated heterocycles. The van der Waals surface area contributed by atoms with Gasteiger partial charge in [-0.2, -0.15) is 0 Å². The number of aliphatic hydroxyl groups is 1. The number of fused-ring (bicyclic) bond motifs is 1. The summed E-state index contributed by atoms with van der Waals surface area (Å²) in [6.07, 6.45) is 0. The third kappa shape index (κ3) is 2.58. The number of benzene rings is 2. The SMILES string of the molecule is CC(=O)[C@@]12O[C@]1(C(=O)Nc1ccc(Br)cc1)[C@@](C)(O)N(c1ccc(Br)cc1)C2=O. The summed E-state index contributed by atoms with van der Waals surface area (Å²) < 4.78 is 7.12. The molecule has 0 aromatic heterocycles. The van der Waals surface area contributed by atoms with Crippen molar-refractivity contribution in [1.82, 2.24) is 0 Å². The van der Waals surface area contributed by atoms with Crippen molar-refractivity contribution in [3.8, 4) is 0 Å². The van der Waals surface area contributed by atoms with E-state index in [1.807, 2.05) is 0 Å². The van der Waals surface area contributed by atoms with E-state index in [4.69, 9.17) is 4.74 Å². The van der Waals surface area contributed by atoms with Gasteiger partial charge in [0.15, 0.2) is 11.5 Å². The van der Waals surface area contributed by atoms with Gasteiger partial charge >= 0.3 is 0 Å². The van der Waals surface area contributed by atoms with E-state index >= 15 is 0 Å². The number of ether oxygens (including phenoxy) is 1. The van der Waals surface area contributed by atoms with Crippen molar-refractivity contribution in [2.75, 3.05) is 10.2 Å². The Morgan fingerprint density at radius 2 is 1.55 bits per heavy atom. The second-order valence-electron chi connectivity index (χ2n) is 7.12. The minimum Gasteiger partial charge on any atom is -0.367 e. The van der Waals surface area contributed by atoms with Crippen LogP contribution < -0.4 is 10.2 Å². The first-order valence-electron chi connectivity index (χ1n) is 8.69. The summed E-state index contributed by atoms with van der Waals surface area (Å²) in [6.45, 7) is 2.47. The van der Waals surface area contributed by atoms with Gasteiger partial charge < -0.3 is 15.2 Å². The van der Waals surface area contributed by atoms with Gasteiger partial charge in [-0.25, -0.2) is 0 Å². The van der Waals surface area contributed by atoms with Gasteiger partial charge in [0, 0.05) is 20.3 Å². The largest absolute Gasteiger partial charge is 0.367 e. The van der Waals surface area contributed by atoms with Gasteiger partial charge in [0.05, 0.1) is 0 Å². The van der Waals surface area contributed by atoms with Crippen molar-refractivity contribution >= 4 is 60.8 Å². The number of ketones is 1. The zero-order valence-electron chi connectivity index (χ0n) is 15.4. The van der Waals surface area contributed by atoms with Crippen molar-refractivity contribution in [2.45, 2.75) is 30.8 Å². The molecule has 2 heterocycles. The van der Waals surface area contributed by atoms with Crippen molar-refractivity contribution in [1.29, 1.82) is 0 Å². The van der Waals surface area contributed by atoms with E-state index in [9.17, 15) is 19.5 Å². The van der Waals surface area contributed by atoms with Crippen LogP contribution in [0.5, 0.6) is 0 Å². The fraction of sp³-hybridized carbons (Fsp3) is 0.250. The van der Waals surface area contributed by atoms with Crippen LogP contribution in [-0.4, -0.2) is 39.6 Å². The number of hydrogen-bond acceptors (Lipinski definition) is 5. The summed E-state index contributed by atoms with van der Waals surface area (Å²) in [5.41, 5.74) is -5.45. The molecule has 29 heavy (non-hydrogen) atoms. The zero-order valence-corrected chi connectivity index (χ0v) is 18.6. The maximum absolute atomic E-state index is 13.2. The molecular weight excluding hydrogens is 508 g/mol. The molecule has 0 spiro atoms. The first-order chi connectivity index (χ1) is 13.6. The van der Waals surface area contributed by atoms with Crippen LogP contribution in [0.25, 0.3) is 0 Å². The number of halogens is 2. The van der Waals surface area contributed by atoms with Crippen LogP contribution in [0.3, 0.4) is 0 Å². The predicted octanol–water partition coefficient (Wildman–Crippen LogP) is 3.00. The number of amides is 2. The molecule has 4 rings (SSSR count). The molecule has 2 amide bonds. The molecule has 2 fully saturated rings. The Kier molecular flexibility index (Phi) is 4.51. The quantitative estimate of drug-likeness (QED) is 0.474. The Bertz CT molecular complexity index is 1040. The lowest BCUT2D eigenvalue weighted by atomic mass is 9.85. The highest BCUT2D eigenvalue weighted by Gasteiger charge is 2.95. The monoisotopic (exact) mass is 522 g/mol. The van der Waals surface area contributed by atoms with Gasteiger partial charge in [-0.05, 0) is 62.4 Å². The average Bonchev–Trinajstić information content (AvgIpc) is 3.36. The second kappa shape index (κ2) is 6.46. The maximum atomic E-state index is 13.2. The molecule has 2 N–H and O–H groups in total. The Morgan fingerprint density at radius 1 is 1.03 bits per heavy atom. The van der Waals surface area contributed by atoms with E-state index in [0.717, 1.165) is 13.8 Å². The molecule has 0 saturated carbocycles. The molecule has 3 atom stereocenters. The number of Topliss-reactive ketones (excluding diaryl/α,β-unsaturated/α-hetero) is 1. The predicted molar refractivity (Wildman–Crippen MR) is 112 cm³/mol. The standard InChI is InChI=1S/C20H16Br2N2O5/c1-11(25)19-17(27)24(15-9-5-13(22)6-10-15)18(2,28)20(19,29-19)16(26)23-14-7-3-12(21)4-8-14/h3-10,28H,1-2H3,(H,23,26)/t18-,19+,20-/m1/s1. The molecule has 150 valence electrons. The summed E-state index contributed by atoms with van der Waals surface area (Å²) >= 11 is 6.63. The van der Waals surface area contributed by atoms with E-state index in [-0.39, 0.29) is 0 Å². The molecule has 0 radical (unpaired) electrons. The molecule has 2 aromatic rings. The summed E-state index contributed by atoms with van der Waals surface area (Å²) in [5, 5.41) is 14.0. The van der Waals surface area contributed by atoms with Crippen molar-refractivity contribution < 1.29 is 24.2 Å². The normalized spacial score (nSPS) is 30.1. The summed E-state index contributed by atoms with van der Waals surface area (Å²) in [4.78, 5) is 40.0. The number of hydrogen-bond donors (Lipinski definition) is 2. The Balaban J connectivity index is 1.78. The highest BCUT2D eigenvalue weighted by molar-refractivity contribution is 9.10. The van der Waals surface area contributed by atoms with E-state index < -0.39 is 34.5 Å². The number of carbonyl (C=O) groups is 3. The molecular formula is C20H16Br2N2O5. The summed E-state index contributed by atoms with van der Waals surface area (Å²) in [6, 6.07) is 13.3. The van der Waals surface area contributed by atoms with Gasteiger partial charge in [-0.3, -0.25) is 19.3 Å². The third-order valence-electron chi connectivity index (χ3n) is 5.37. The van der Waals surface area contributed by atoms with Gasteiger partial charge in [0.1, 0.15) is 0 Å². The Labute approximate surface area is 183 Å². The first kappa shape index (κ1) is 20.2. The smallest absolute Gasteiger partial charge is 0.273 e. The molecule has 0 unspecified atom stereocenters. The summed E-state index contributed by atoms with van der Waals surface area (Å²) in [5.74, 6) is -2.19. The fourth-order valence-electron chi connectivity index (χ4n) is 3.94. The van der Waals surface area contributed by atoms with Crippen LogP contribution in [0.1, 0.15) is 13.8 Å². The van der Waals surface area contributed by atoms with Gasteiger partial charge in [0.2, 0.25) is 11.2 Å². The fourth-order valence-corrected chi connectivity index (χ4v) is 4.47. The molecule has 7 nitrogen and oxygen atoms in total. The molecule has 0 bridgehead atoms. The number of rotatable bonds is 4. The zero-order chi connectivity index (χ0) is 21.2. The van der Waals surface area contributed by atoms with E-state index in [0.29, 0.717) is 11.4 Å². The van der Waals surface area contributed by atoms with Crippen LogP contribution in [0, 0.1) is 0 Å². The number of morpholine rings is 1. The van der Waals surface area contributed by atoms with Gasteiger partial charge in [-0.15, -0.1) is 0 Å². The first-order valence-corrected chi connectivity index (χ1v) is 10.3. The Morgan fingerprint density at radius 3 is 2.07 bits per heavy atom. The van der Waals surface area contributed by atoms with Gasteiger partial charge in [0.25, 0.3) is 11.8 Å². The Hall–Kier alpha value is -2.07. The van der Waals surface area contributed by atoms with E-state index in [1.165, 1.54) is 13.8 Å². The number of carbonyl (C=O) groups excluding carboxylic acids is 3. The number of anilines is 2. The molecule has 0 aliphatic carbocycles. The molecule has 9 heteroatoms. The topological polar surface area (TPSA) is 99.2 Å². The minimum atomic E-state index is -2.09. The minimum absolute atomic E-state index is 0.343. The van der Waals surface area contributed by atoms with E-state index in [2.05, 4.69) is 37.2 Å². The molecule has 2 aliphatic rings. The maximum Gasteiger partial charge on any atom is 0.273 e. The van der Waals surface area contributed by atoms with Crippen molar-refractivity contribution in [3.63, 3.8) is 0 Å². The number of nitrogens with zero attached hydrogens (tertiary/aromatic N) is 1. The van der Waals surface area contributed by atoms with Crippen LogP contribution >= 0.6 is 31.9 Å². The highest BCUT2D eigenvalue weighted by Crippen LogP contribution is 2.63. The van der Waals surface area contributed by atoms with Crippen molar-refractivity contribution in [2.24, 2.45) is 0 Å². The average molecular weight is 524 g/mol. The highest BCUT2D eigenvalue weighted by atomic mass is 79.9. The van der Waals surface area contributed by atoms with Crippen LogP contribution in [0.15, 0.2) is 57.5 Å². The van der Waals surface area contributed by atoms with Gasteiger partial charge in [-0.1, -0.05) is 31.9 Å². The van der Waals surface area contributed by atoms with Crippen LogP contribution in [0.2, 0.25) is 0 Å². The molecule has 2 aliphatic heterocycles. The van der Waals surface area contributed by atoms with Crippen molar-refractivity contribution in [3.05, 3.63) is 57.5 Å².